The normalized spacial score (nSPS) is 11.7. The molecule has 0 spiro atoms. The molecule has 4 nitrogen and oxygen atoms in total. The Bertz CT molecular complexity index is 414. The number of carbonyl (C=O) groups is 2. The molecule has 0 aliphatic rings. The van der Waals surface area contributed by atoms with Crippen molar-refractivity contribution < 1.29 is 19.1 Å². The Hall–Kier alpha value is -1.11. The highest BCUT2D eigenvalue weighted by molar-refractivity contribution is 14.1. The van der Waals surface area contributed by atoms with E-state index in [-0.39, 0.29) is 0 Å². The van der Waals surface area contributed by atoms with Crippen LogP contribution < -0.4 is 0 Å². The minimum atomic E-state index is -0.886. The van der Waals surface area contributed by atoms with Crippen molar-refractivity contribution in [2.75, 3.05) is 6.61 Å². The molecule has 0 heterocycles. The third kappa shape index (κ3) is 4.64. The quantitative estimate of drug-likeness (QED) is 0.597. The smallest absolute Gasteiger partial charge is 0.347 e. The van der Waals surface area contributed by atoms with E-state index in [1.165, 1.54) is 6.92 Å². The van der Waals surface area contributed by atoms with Crippen molar-refractivity contribution in [3.8, 4) is 0 Å². The predicted molar refractivity (Wildman–Crippen MR) is 75.3 cm³/mol. The number of hydrogen-bond acceptors (Lipinski definition) is 4. The second-order valence-electron chi connectivity index (χ2n) is 3.72. The zero-order valence-corrected chi connectivity index (χ0v) is 12.5. The number of halogens is 1. The summed E-state index contributed by atoms with van der Waals surface area (Å²) >= 11 is 2.14. The van der Waals surface area contributed by atoms with Crippen molar-refractivity contribution in [1.82, 2.24) is 0 Å². The third-order valence-electron chi connectivity index (χ3n) is 2.14. The van der Waals surface area contributed by atoms with Gasteiger partial charge >= 0.3 is 11.9 Å². The first-order chi connectivity index (χ1) is 8.54. The van der Waals surface area contributed by atoms with Crippen LogP contribution in [0.3, 0.4) is 0 Å². The average Bonchev–Trinajstić information content (AvgIpc) is 2.36. The number of benzene rings is 1. The van der Waals surface area contributed by atoms with Crippen LogP contribution in [0.5, 0.6) is 0 Å². The van der Waals surface area contributed by atoms with E-state index in [1.54, 1.807) is 24.3 Å². The summed E-state index contributed by atoms with van der Waals surface area (Å²) in [5.74, 6) is -1.04. The molecule has 5 heteroatoms. The number of rotatable bonds is 5. The van der Waals surface area contributed by atoms with E-state index in [2.05, 4.69) is 22.6 Å². The van der Waals surface area contributed by atoms with Crippen molar-refractivity contribution in [1.29, 1.82) is 0 Å². The summed E-state index contributed by atoms with van der Waals surface area (Å²) < 4.78 is 10.9. The van der Waals surface area contributed by atoms with E-state index in [0.717, 1.165) is 9.99 Å². The Labute approximate surface area is 120 Å². The van der Waals surface area contributed by atoms with Gasteiger partial charge in [-0.15, -0.1) is 0 Å². The van der Waals surface area contributed by atoms with E-state index in [4.69, 9.17) is 9.47 Å². The monoisotopic (exact) mass is 362 g/mol. The van der Waals surface area contributed by atoms with Gasteiger partial charge in [0.05, 0.1) is 12.2 Å². The van der Waals surface area contributed by atoms with Crippen LogP contribution in [0.2, 0.25) is 0 Å². The van der Waals surface area contributed by atoms with Crippen molar-refractivity contribution in [3.63, 3.8) is 0 Å². The summed E-state index contributed by atoms with van der Waals surface area (Å²) in [4.78, 5) is 23.1. The molecule has 0 aliphatic heterocycles. The highest BCUT2D eigenvalue weighted by Crippen LogP contribution is 2.09. The molecule has 18 heavy (non-hydrogen) atoms. The molecule has 1 aromatic rings. The molecule has 1 rings (SSSR count). The molecule has 0 saturated heterocycles. The molecule has 1 atom stereocenters. The molecule has 98 valence electrons. The average molecular weight is 362 g/mol. The van der Waals surface area contributed by atoms with E-state index in [9.17, 15) is 9.59 Å². The molecule has 0 unspecified atom stereocenters. The fraction of sp³-hybridized carbons (Fsp3) is 0.385. The molecular weight excluding hydrogens is 347 g/mol. The lowest BCUT2D eigenvalue weighted by Gasteiger charge is -2.12. The fourth-order valence-corrected chi connectivity index (χ4v) is 1.54. The first-order valence-electron chi connectivity index (χ1n) is 5.67. The zero-order valence-electron chi connectivity index (χ0n) is 10.3. The molecule has 0 amide bonds. The lowest BCUT2D eigenvalue weighted by molar-refractivity contribution is -0.153. The van der Waals surface area contributed by atoms with Gasteiger partial charge in [-0.1, -0.05) is 6.92 Å². The summed E-state index contributed by atoms with van der Waals surface area (Å²) in [5.41, 5.74) is 0.422. The highest BCUT2D eigenvalue weighted by atomic mass is 127. The molecule has 0 N–H and O–H groups in total. The Morgan fingerprint density at radius 3 is 2.44 bits per heavy atom. The predicted octanol–water partition coefficient (Wildman–Crippen LogP) is 2.79. The summed E-state index contributed by atoms with van der Waals surface area (Å²) in [6.07, 6.45) is -0.146. The van der Waals surface area contributed by atoms with E-state index >= 15 is 0 Å². The van der Waals surface area contributed by atoms with Crippen molar-refractivity contribution >= 4 is 34.5 Å². The number of ether oxygens (including phenoxy) is 2. The van der Waals surface area contributed by atoms with Crippen LogP contribution in [-0.4, -0.2) is 24.6 Å². The summed E-state index contributed by atoms with van der Waals surface area (Å²) in [7, 11) is 0. The van der Waals surface area contributed by atoms with Gasteiger partial charge in [0.1, 0.15) is 0 Å². The Morgan fingerprint density at radius 1 is 1.28 bits per heavy atom. The second kappa shape index (κ2) is 7.35. The maximum Gasteiger partial charge on any atom is 0.347 e. The lowest BCUT2D eigenvalue weighted by atomic mass is 10.2. The minimum absolute atomic E-state index is 0.338. The van der Waals surface area contributed by atoms with Gasteiger partial charge in [0.2, 0.25) is 0 Å². The van der Waals surface area contributed by atoms with Crippen molar-refractivity contribution in [2.24, 2.45) is 0 Å². The number of esters is 2. The van der Waals surface area contributed by atoms with Crippen LogP contribution in [0, 0.1) is 3.57 Å². The highest BCUT2D eigenvalue weighted by Gasteiger charge is 2.19. The second-order valence-corrected chi connectivity index (χ2v) is 4.97. The Balaban J connectivity index is 2.53. The van der Waals surface area contributed by atoms with Gasteiger partial charge in [0.25, 0.3) is 0 Å². The van der Waals surface area contributed by atoms with Crippen molar-refractivity contribution in [2.45, 2.75) is 26.4 Å². The Morgan fingerprint density at radius 2 is 1.89 bits per heavy atom. The van der Waals surface area contributed by atoms with Crippen LogP contribution in [0.1, 0.15) is 30.6 Å². The van der Waals surface area contributed by atoms with Gasteiger partial charge in [-0.3, -0.25) is 0 Å². The molecule has 0 aliphatic carbocycles. The molecular formula is C13H15IO4. The summed E-state index contributed by atoms with van der Waals surface area (Å²) in [6.45, 7) is 3.74. The minimum Gasteiger partial charge on any atom is -0.463 e. The molecule has 0 saturated carbocycles. The van der Waals surface area contributed by atoms with Crippen LogP contribution in [0.15, 0.2) is 24.3 Å². The molecule has 0 radical (unpaired) electrons. The molecule has 0 fully saturated rings. The summed E-state index contributed by atoms with van der Waals surface area (Å²) in [5, 5.41) is 0. The van der Waals surface area contributed by atoms with Crippen molar-refractivity contribution in [3.05, 3.63) is 33.4 Å². The van der Waals surface area contributed by atoms with Gasteiger partial charge in [-0.25, -0.2) is 9.59 Å². The largest absolute Gasteiger partial charge is 0.463 e. The fourth-order valence-electron chi connectivity index (χ4n) is 1.18. The van der Waals surface area contributed by atoms with Crippen LogP contribution in [-0.2, 0) is 14.3 Å². The van der Waals surface area contributed by atoms with E-state index in [1.807, 2.05) is 6.92 Å². The zero-order chi connectivity index (χ0) is 13.5. The van der Waals surface area contributed by atoms with E-state index < -0.39 is 18.0 Å². The third-order valence-corrected chi connectivity index (χ3v) is 2.86. The van der Waals surface area contributed by atoms with Gasteiger partial charge < -0.3 is 9.47 Å². The Kier molecular flexibility index (Phi) is 6.11. The van der Waals surface area contributed by atoms with Gasteiger partial charge in [0, 0.05) is 3.57 Å². The first kappa shape index (κ1) is 14.9. The van der Waals surface area contributed by atoms with Gasteiger partial charge in [-0.05, 0) is 60.2 Å². The van der Waals surface area contributed by atoms with Gasteiger partial charge in [-0.2, -0.15) is 0 Å². The lowest BCUT2D eigenvalue weighted by Crippen LogP contribution is -2.26. The standard InChI is InChI=1S/C13H15IO4/c1-3-8-17-12(15)9(2)18-13(16)10-4-6-11(14)7-5-10/h4-7,9H,3,8H2,1-2H3/t9-/m1/s1. The maximum atomic E-state index is 11.7. The van der Waals surface area contributed by atoms with E-state index in [0.29, 0.717) is 12.2 Å². The van der Waals surface area contributed by atoms with Crippen LogP contribution >= 0.6 is 22.6 Å². The number of hydrogen-bond donors (Lipinski definition) is 0. The molecule has 0 aromatic heterocycles. The SMILES string of the molecule is CCCOC(=O)[C@@H](C)OC(=O)c1ccc(I)cc1. The first-order valence-corrected chi connectivity index (χ1v) is 6.75. The van der Waals surface area contributed by atoms with Gasteiger partial charge in [0.15, 0.2) is 6.10 Å². The molecule has 1 aromatic carbocycles. The topological polar surface area (TPSA) is 52.6 Å². The van der Waals surface area contributed by atoms with Crippen LogP contribution in [0.4, 0.5) is 0 Å². The van der Waals surface area contributed by atoms with Crippen LogP contribution in [0.25, 0.3) is 0 Å². The summed E-state index contributed by atoms with van der Waals surface area (Å²) in [6, 6.07) is 6.93. The number of carbonyl (C=O) groups excluding carboxylic acids is 2. The molecule has 0 bridgehead atoms. The maximum absolute atomic E-state index is 11.7.